The lowest BCUT2D eigenvalue weighted by atomic mass is 10.0. The topological polar surface area (TPSA) is 37.7 Å². The van der Waals surface area contributed by atoms with Crippen LogP contribution in [0.2, 0.25) is 0 Å². The van der Waals surface area contributed by atoms with Crippen LogP contribution in [0.15, 0.2) is 35.3 Å². The maximum Gasteiger partial charge on any atom is 0.253 e. The van der Waals surface area contributed by atoms with Crippen LogP contribution in [0.25, 0.3) is 11.1 Å². The molecule has 0 N–H and O–H groups in total. The highest BCUT2D eigenvalue weighted by molar-refractivity contribution is 5.66. The average molecular weight is 341 g/mol. The maximum atomic E-state index is 11.9. The van der Waals surface area contributed by atoms with Crippen molar-refractivity contribution in [3.8, 4) is 16.9 Å². The molecule has 5 heteroatoms. The minimum Gasteiger partial charge on any atom is -0.496 e. The summed E-state index contributed by atoms with van der Waals surface area (Å²) in [5, 5.41) is 0. The number of pyridine rings is 1. The van der Waals surface area contributed by atoms with Crippen molar-refractivity contribution < 1.29 is 4.74 Å². The smallest absolute Gasteiger partial charge is 0.253 e. The fourth-order valence-electron chi connectivity index (χ4n) is 3.33. The van der Waals surface area contributed by atoms with Crippen molar-refractivity contribution in [2.75, 3.05) is 34.3 Å². The first-order chi connectivity index (χ1) is 11.9. The van der Waals surface area contributed by atoms with Crippen LogP contribution in [0.5, 0.6) is 5.75 Å². The molecule has 1 fully saturated rings. The van der Waals surface area contributed by atoms with E-state index < -0.39 is 0 Å². The van der Waals surface area contributed by atoms with Gasteiger partial charge in [0.25, 0.3) is 5.56 Å². The normalized spacial score (nSPS) is 15.4. The summed E-state index contributed by atoms with van der Waals surface area (Å²) in [5.74, 6) is 0.900. The van der Waals surface area contributed by atoms with Gasteiger partial charge in [-0.15, -0.1) is 0 Å². The van der Waals surface area contributed by atoms with Gasteiger partial charge in [-0.2, -0.15) is 0 Å². The van der Waals surface area contributed by atoms with E-state index in [0.717, 1.165) is 42.1 Å². The summed E-state index contributed by atoms with van der Waals surface area (Å²) in [5.41, 5.74) is 4.08. The molecule has 0 bridgehead atoms. The van der Waals surface area contributed by atoms with E-state index in [9.17, 15) is 4.79 Å². The van der Waals surface area contributed by atoms with E-state index in [-0.39, 0.29) is 5.56 Å². The zero-order valence-electron chi connectivity index (χ0n) is 15.7. The van der Waals surface area contributed by atoms with E-state index in [1.54, 1.807) is 18.7 Å². The van der Waals surface area contributed by atoms with Gasteiger partial charge in [-0.05, 0) is 44.3 Å². The van der Waals surface area contributed by atoms with Crippen molar-refractivity contribution in [2.45, 2.75) is 19.5 Å². The van der Waals surface area contributed by atoms with Crippen LogP contribution in [0.4, 0.5) is 0 Å². The molecule has 1 saturated heterocycles. The van der Waals surface area contributed by atoms with E-state index in [2.05, 4.69) is 42.1 Å². The van der Waals surface area contributed by atoms with Gasteiger partial charge in [0, 0.05) is 50.0 Å². The fourth-order valence-corrected chi connectivity index (χ4v) is 3.33. The van der Waals surface area contributed by atoms with Crippen molar-refractivity contribution >= 4 is 0 Å². The second-order valence-corrected chi connectivity index (χ2v) is 7.17. The highest BCUT2D eigenvalue weighted by Gasteiger charge is 2.28. The third-order valence-corrected chi connectivity index (χ3v) is 5.04. The van der Waals surface area contributed by atoms with Gasteiger partial charge in [0.15, 0.2) is 0 Å². The third-order valence-electron chi connectivity index (χ3n) is 5.04. The predicted molar refractivity (Wildman–Crippen MR) is 101 cm³/mol. The Morgan fingerprint density at radius 2 is 1.92 bits per heavy atom. The van der Waals surface area contributed by atoms with Crippen LogP contribution >= 0.6 is 0 Å². The SMILES string of the molecule is COc1cc(-c2cc(C)c(=O)n(C)c2)ccc1CN1CC(N(C)C)C1. The summed E-state index contributed by atoms with van der Waals surface area (Å²) in [4.78, 5) is 16.6. The van der Waals surface area contributed by atoms with Gasteiger partial charge in [0.05, 0.1) is 7.11 Å². The Kier molecular flexibility index (Phi) is 4.97. The number of aryl methyl sites for hydroxylation is 2. The summed E-state index contributed by atoms with van der Waals surface area (Å²) < 4.78 is 7.26. The Labute approximate surface area is 149 Å². The minimum absolute atomic E-state index is 0.0422. The molecular weight excluding hydrogens is 314 g/mol. The fraction of sp³-hybridized carbons (Fsp3) is 0.450. The van der Waals surface area contributed by atoms with Crippen molar-refractivity contribution in [1.29, 1.82) is 0 Å². The molecule has 25 heavy (non-hydrogen) atoms. The van der Waals surface area contributed by atoms with Crippen LogP contribution in [-0.4, -0.2) is 54.7 Å². The van der Waals surface area contributed by atoms with Gasteiger partial charge < -0.3 is 14.2 Å². The van der Waals surface area contributed by atoms with Crippen molar-refractivity contribution in [3.63, 3.8) is 0 Å². The van der Waals surface area contributed by atoms with Gasteiger partial charge in [0.2, 0.25) is 0 Å². The molecule has 2 aromatic rings. The number of aromatic nitrogens is 1. The van der Waals surface area contributed by atoms with E-state index >= 15 is 0 Å². The van der Waals surface area contributed by atoms with Crippen LogP contribution in [-0.2, 0) is 13.6 Å². The standard InChI is InChI=1S/C20H27N3O2/c1-14-8-17(10-22(4)20(14)24)15-6-7-16(19(9-15)25-5)11-23-12-18(13-23)21(2)3/h6-10,18H,11-13H2,1-5H3. The second-order valence-electron chi connectivity index (χ2n) is 7.17. The van der Waals surface area contributed by atoms with Gasteiger partial charge in [-0.1, -0.05) is 12.1 Å². The predicted octanol–water partition coefficient (Wildman–Crippen LogP) is 2.12. The molecule has 1 aliphatic rings. The zero-order chi connectivity index (χ0) is 18.1. The van der Waals surface area contributed by atoms with Gasteiger partial charge in [-0.3, -0.25) is 9.69 Å². The summed E-state index contributed by atoms with van der Waals surface area (Å²) in [6.45, 7) is 4.94. The molecule has 1 aromatic carbocycles. The number of likely N-dealkylation sites (N-methyl/N-ethyl adjacent to an activating group) is 1. The molecule has 3 rings (SSSR count). The number of hydrogen-bond acceptors (Lipinski definition) is 4. The number of hydrogen-bond donors (Lipinski definition) is 0. The Balaban J connectivity index is 1.82. The number of methoxy groups -OCH3 is 1. The minimum atomic E-state index is 0.0422. The average Bonchev–Trinajstić information content (AvgIpc) is 2.54. The Morgan fingerprint density at radius 3 is 2.52 bits per heavy atom. The molecule has 0 atom stereocenters. The van der Waals surface area contributed by atoms with Gasteiger partial charge in [0.1, 0.15) is 5.75 Å². The van der Waals surface area contributed by atoms with Crippen LogP contribution < -0.4 is 10.3 Å². The third kappa shape index (κ3) is 3.62. The highest BCUT2D eigenvalue weighted by atomic mass is 16.5. The van der Waals surface area contributed by atoms with Crippen molar-refractivity contribution in [1.82, 2.24) is 14.4 Å². The summed E-state index contributed by atoms with van der Waals surface area (Å²) in [6, 6.07) is 8.91. The largest absolute Gasteiger partial charge is 0.496 e. The molecule has 5 nitrogen and oxygen atoms in total. The molecule has 134 valence electrons. The quantitative estimate of drug-likeness (QED) is 0.835. The second kappa shape index (κ2) is 7.02. The molecule has 2 heterocycles. The lowest BCUT2D eigenvalue weighted by Crippen LogP contribution is -2.56. The summed E-state index contributed by atoms with van der Waals surface area (Å²) in [7, 11) is 7.77. The number of rotatable bonds is 5. The number of nitrogens with zero attached hydrogens (tertiary/aromatic N) is 3. The van der Waals surface area contributed by atoms with E-state index in [1.165, 1.54) is 5.56 Å². The molecular formula is C20H27N3O2. The number of benzene rings is 1. The molecule has 0 spiro atoms. The Bertz CT molecular complexity index is 794. The van der Waals surface area contributed by atoms with Crippen LogP contribution in [0.1, 0.15) is 11.1 Å². The lowest BCUT2D eigenvalue weighted by Gasteiger charge is -2.43. The molecule has 0 amide bonds. The first-order valence-corrected chi connectivity index (χ1v) is 8.62. The van der Waals surface area contributed by atoms with Crippen LogP contribution in [0.3, 0.4) is 0 Å². The highest BCUT2D eigenvalue weighted by Crippen LogP contribution is 2.29. The molecule has 1 aliphatic heterocycles. The number of likely N-dealkylation sites (tertiary alicyclic amines) is 1. The lowest BCUT2D eigenvalue weighted by molar-refractivity contribution is 0.0568. The Morgan fingerprint density at radius 1 is 1.20 bits per heavy atom. The number of ether oxygens (including phenoxy) is 1. The molecule has 0 radical (unpaired) electrons. The van der Waals surface area contributed by atoms with Gasteiger partial charge in [-0.25, -0.2) is 0 Å². The Hall–Kier alpha value is -2.11. The maximum absolute atomic E-state index is 11.9. The van der Waals surface area contributed by atoms with Gasteiger partial charge >= 0.3 is 0 Å². The zero-order valence-corrected chi connectivity index (χ0v) is 15.7. The first kappa shape index (κ1) is 17.7. The monoisotopic (exact) mass is 341 g/mol. The first-order valence-electron chi connectivity index (χ1n) is 8.62. The molecule has 1 aromatic heterocycles. The molecule has 0 aliphatic carbocycles. The summed E-state index contributed by atoms with van der Waals surface area (Å²) >= 11 is 0. The van der Waals surface area contributed by atoms with Crippen molar-refractivity contribution in [3.05, 3.63) is 51.9 Å². The van der Waals surface area contributed by atoms with Crippen molar-refractivity contribution in [2.24, 2.45) is 7.05 Å². The van der Waals surface area contributed by atoms with Crippen LogP contribution in [0, 0.1) is 6.92 Å². The summed E-state index contributed by atoms with van der Waals surface area (Å²) in [6.07, 6.45) is 1.88. The van der Waals surface area contributed by atoms with E-state index in [0.29, 0.717) is 6.04 Å². The molecule has 0 saturated carbocycles. The molecule has 0 unspecified atom stereocenters. The van der Waals surface area contributed by atoms with E-state index in [4.69, 9.17) is 4.74 Å². The van der Waals surface area contributed by atoms with E-state index in [1.807, 2.05) is 19.2 Å².